The zero-order chi connectivity index (χ0) is 15.3. The molecule has 1 unspecified atom stereocenters. The highest BCUT2D eigenvalue weighted by atomic mass is 19.4. The molecule has 112 valence electrons. The second kappa shape index (κ2) is 6.79. The lowest BCUT2D eigenvalue weighted by molar-refractivity contribution is -0.138. The summed E-state index contributed by atoms with van der Waals surface area (Å²) in [5.41, 5.74) is 6.41. The second-order valence-corrected chi connectivity index (χ2v) is 5.10. The van der Waals surface area contributed by atoms with Crippen molar-refractivity contribution < 1.29 is 17.9 Å². The maximum absolute atomic E-state index is 13.0. The highest BCUT2D eigenvalue weighted by molar-refractivity contribution is 5.39. The van der Waals surface area contributed by atoms with Gasteiger partial charge >= 0.3 is 6.18 Å². The first-order chi connectivity index (χ1) is 9.20. The van der Waals surface area contributed by atoms with E-state index in [0.29, 0.717) is 12.0 Å². The van der Waals surface area contributed by atoms with Gasteiger partial charge in [0.2, 0.25) is 0 Å². The zero-order valence-electron chi connectivity index (χ0n) is 11.9. The molecule has 0 heterocycles. The average Bonchev–Trinajstić information content (AvgIpc) is 2.28. The SMILES string of the molecule is CC(C)=CCOc1ccc(CC(C)N)cc1C(F)(F)F. The lowest BCUT2D eigenvalue weighted by atomic mass is 10.0. The van der Waals surface area contributed by atoms with Crippen molar-refractivity contribution in [3.05, 3.63) is 41.0 Å². The van der Waals surface area contributed by atoms with Gasteiger partial charge in [-0.3, -0.25) is 0 Å². The van der Waals surface area contributed by atoms with Gasteiger partial charge < -0.3 is 10.5 Å². The molecular weight excluding hydrogens is 267 g/mol. The van der Waals surface area contributed by atoms with Crippen LogP contribution in [0.15, 0.2) is 29.8 Å². The molecule has 0 aliphatic heterocycles. The van der Waals surface area contributed by atoms with E-state index in [9.17, 15) is 13.2 Å². The molecule has 5 heteroatoms. The van der Waals surface area contributed by atoms with Crippen molar-refractivity contribution in [2.45, 2.75) is 39.4 Å². The van der Waals surface area contributed by atoms with Gasteiger partial charge in [-0.2, -0.15) is 13.2 Å². The molecule has 0 fully saturated rings. The van der Waals surface area contributed by atoms with Crippen LogP contribution in [0.25, 0.3) is 0 Å². The molecule has 0 radical (unpaired) electrons. The fourth-order valence-electron chi connectivity index (χ4n) is 1.72. The van der Waals surface area contributed by atoms with Crippen molar-refractivity contribution in [3.63, 3.8) is 0 Å². The Morgan fingerprint density at radius 1 is 1.35 bits per heavy atom. The van der Waals surface area contributed by atoms with Crippen molar-refractivity contribution in [1.82, 2.24) is 0 Å². The van der Waals surface area contributed by atoms with Gasteiger partial charge in [0.05, 0.1) is 5.56 Å². The highest BCUT2D eigenvalue weighted by Gasteiger charge is 2.34. The van der Waals surface area contributed by atoms with Crippen LogP contribution >= 0.6 is 0 Å². The molecule has 0 aliphatic carbocycles. The van der Waals surface area contributed by atoms with E-state index in [4.69, 9.17) is 10.5 Å². The van der Waals surface area contributed by atoms with E-state index in [1.807, 2.05) is 13.8 Å². The van der Waals surface area contributed by atoms with E-state index < -0.39 is 11.7 Å². The topological polar surface area (TPSA) is 35.2 Å². The van der Waals surface area contributed by atoms with Crippen molar-refractivity contribution in [2.75, 3.05) is 6.61 Å². The van der Waals surface area contributed by atoms with Crippen LogP contribution in [0, 0.1) is 0 Å². The van der Waals surface area contributed by atoms with Crippen LogP contribution in [0.1, 0.15) is 31.9 Å². The zero-order valence-corrected chi connectivity index (χ0v) is 11.9. The van der Waals surface area contributed by atoms with Gasteiger partial charge in [-0.1, -0.05) is 11.6 Å². The molecule has 0 saturated carbocycles. The molecule has 0 aromatic heterocycles. The maximum Gasteiger partial charge on any atom is 0.419 e. The fraction of sp³-hybridized carbons (Fsp3) is 0.467. The first kappa shape index (κ1) is 16.6. The van der Waals surface area contributed by atoms with Gasteiger partial charge in [0, 0.05) is 6.04 Å². The summed E-state index contributed by atoms with van der Waals surface area (Å²) in [6.45, 7) is 5.60. The summed E-state index contributed by atoms with van der Waals surface area (Å²) in [4.78, 5) is 0. The summed E-state index contributed by atoms with van der Waals surface area (Å²) >= 11 is 0. The van der Waals surface area contributed by atoms with E-state index in [1.165, 1.54) is 6.07 Å². The Hall–Kier alpha value is -1.49. The fourth-order valence-corrected chi connectivity index (χ4v) is 1.72. The smallest absolute Gasteiger partial charge is 0.419 e. The Balaban J connectivity index is 3.01. The molecule has 1 aromatic carbocycles. The minimum Gasteiger partial charge on any atom is -0.489 e. The summed E-state index contributed by atoms with van der Waals surface area (Å²) in [7, 11) is 0. The summed E-state index contributed by atoms with van der Waals surface area (Å²) in [5, 5.41) is 0. The monoisotopic (exact) mass is 287 g/mol. The van der Waals surface area contributed by atoms with Crippen LogP contribution in [0.5, 0.6) is 5.75 Å². The lowest BCUT2D eigenvalue weighted by Gasteiger charge is -2.15. The minimum absolute atomic E-state index is 0.123. The Morgan fingerprint density at radius 2 is 2.00 bits per heavy atom. The highest BCUT2D eigenvalue weighted by Crippen LogP contribution is 2.37. The average molecular weight is 287 g/mol. The third kappa shape index (κ3) is 5.25. The van der Waals surface area contributed by atoms with Gasteiger partial charge in [0.1, 0.15) is 12.4 Å². The van der Waals surface area contributed by atoms with Gasteiger partial charge in [0.25, 0.3) is 0 Å². The number of benzene rings is 1. The predicted molar refractivity (Wildman–Crippen MR) is 73.7 cm³/mol. The van der Waals surface area contributed by atoms with Gasteiger partial charge in [-0.25, -0.2) is 0 Å². The van der Waals surface area contributed by atoms with Crippen LogP contribution in [0.3, 0.4) is 0 Å². The maximum atomic E-state index is 13.0. The Morgan fingerprint density at radius 3 is 2.50 bits per heavy atom. The van der Waals surface area contributed by atoms with Crippen molar-refractivity contribution >= 4 is 0 Å². The first-order valence-electron chi connectivity index (χ1n) is 6.42. The van der Waals surface area contributed by atoms with Crippen LogP contribution in [-0.2, 0) is 12.6 Å². The molecule has 0 bridgehead atoms. The number of rotatable bonds is 5. The molecule has 0 amide bonds. The Labute approximate surface area is 117 Å². The first-order valence-corrected chi connectivity index (χ1v) is 6.42. The van der Waals surface area contributed by atoms with Gasteiger partial charge in [-0.15, -0.1) is 0 Å². The molecule has 20 heavy (non-hydrogen) atoms. The van der Waals surface area contributed by atoms with Crippen LogP contribution < -0.4 is 10.5 Å². The normalized spacial score (nSPS) is 12.9. The third-order valence-corrected chi connectivity index (χ3v) is 2.64. The molecule has 1 atom stereocenters. The predicted octanol–water partition coefficient (Wildman–Crippen LogP) is 3.94. The third-order valence-electron chi connectivity index (χ3n) is 2.64. The molecule has 0 saturated heterocycles. The Bertz CT molecular complexity index is 474. The summed E-state index contributed by atoms with van der Waals surface area (Å²) in [5.74, 6) is -0.150. The van der Waals surface area contributed by atoms with E-state index >= 15 is 0 Å². The van der Waals surface area contributed by atoms with E-state index in [2.05, 4.69) is 0 Å². The van der Waals surface area contributed by atoms with Crippen LogP contribution in [0.2, 0.25) is 0 Å². The van der Waals surface area contributed by atoms with Crippen LogP contribution in [0.4, 0.5) is 13.2 Å². The standard InChI is InChI=1S/C15H20F3NO/c1-10(2)6-7-20-14-5-4-12(8-11(3)19)9-13(14)15(16,17)18/h4-6,9,11H,7-8,19H2,1-3H3. The number of allylic oxidation sites excluding steroid dienone is 1. The van der Waals surface area contributed by atoms with Gasteiger partial charge in [-0.05, 0) is 51.0 Å². The second-order valence-electron chi connectivity index (χ2n) is 5.10. The summed E-state index contributed by atoms with van der Waals surface area (Å²) in [6.07, 6.45) is -2.30. The molecule has 1 rings (SSSR count). The molecule has 0 aliphatic rings. The van der Waals surface area contributed by atoms with E-state index in [-0.39, 0.29) is 18.4 Å². The molecule has 2 N–H and O–H groups in total. The van der Waals surface area contributed by atoms with Crippen molar-refractivity contribution in [1.29, 1.82) is 0 Å². The van der Waals surface area contributed by atoms with E-state index in [0.717, 1.165) is 11.6 Å². The summed E-state index contributed by atoms with van der Waals surface area (Å²) in [6, 6.07) is 3.91. The number of nitrogens with two attached hydrogens (primary N) is 1. The number of halogens is 3. The number of hydrogen-bond donors (Lipinski definition) is 1. The number of alkyl halides is 3. The molecule has 1 aromatic rings. The van der Waals surface area contributed by atoms with Gasteiger partial charge in [0.15, 0.2) is 0 Å². The van der Waals surface area contributed by atoms with Crippen LogP contribution in [-0.4, -0.2) is 12.6 Å². The van der Waals surface area contributed by atoms with E-state index in [1.54, 1.807) is 19.1 Å². The number of ether oxygens (including phenoxy) is 1. The minimum atomic E-state index is -4.44. The molecular formula is C15H20F3NO. The Kier molecular flexibility index (Phi) is 5.62. The molecule has 2 nitrogen and oxygen atoms in total. The number of hydrogen-bond acceptors (Lipinski definition) is 2. The van der Waals surface area contributed by atoms with Crippen molar-refractivity contribution in [3.8, 4) is 5.75 Å². The van der Waals surface area contributed by atoms with Crippen molar-refractivity contribution in [2.24, 2.45) is 5.73 Å². The summed E-state index contributed by atoms with van der Waals surface area (Å²) < 4.78 is 44.3. The largest absolute Gasteiger partial charge is 0.489 e. The quantitative estimate of drug-likeness (QED) is 0.832. The molecule has 0 spiro atoms. The lowest BCUT2D eigenvalue weighted by Crippen LogP contribution is -2.18.